The van der Waals surface area contributed by atoms with E-state index in [1.165, 1.54) is 14.2 Å². The summed E-state index contributed by atoms with van der Waals surface area (Å²) in [6.07, 6.45) is -16.2. The Bertz CT molecular complexity index is 957. The molecule has 2 saturated heterocycles. The van der Waals surface area contributed by atoms with Gasteiger partial charge in [-0.05, 0) is 6.07 Å². The first-order valence-electron chi connectivity index (χ1n) is 12.5. The minimum absolute atomic E-state index is 0.0732. The van der Waals surface area contributed by atoms with E-state index < -0.39 is 80.6 Å². The van der Waals surface area contributed by atoms with Crippen molar-refractivity contribution in [3.05, 3.63) is 23.8 Å². The van der Waals surface area contributed by atoms with Crippen LogP contribution in [-0.2, 0) is 20.8 Å². The molecule has 228 valence electrons. The van der Waals surface area contributed by atoms with Crippen LogP contribution in [0, 0.1) is 0 Å². The molecule has 1 aromatic rings. The van der Waals surface area contributed by atoms with Crippen LogP contribution in [0.1, 0.15) is 5.56 Å². The summed E-state index contributed by atoms with van der Waals surface area (Å²) in [5.74, 6) is 0.786. The SMILES string of the molecule is COc1cccc(CN(C(=O)NCCCl)C2O[C@H](CO)[C@@H](O[C@H]3O[C@H](CO)[C@@H](O)[C@H](O)[C@H]3O)[C@H](O)[C@H]2O)c1OC. The van der Waals surface area contributed by atoms with Gasteiger partial charge < -0.3 is 64.7 Å². The maximum Gasteiger partial charge on any atom is 0.319 e. The van der Waals surface area contributed by atoms with Gasteiger partial charge in [-0.3, -0.25) is 4.90 Å². The number of amides is 2. The summed E-state index contributed by atoms with van der Waals surface area (Å²) in [6.45, 7) is -1.60. The van der Waals surface area contributed by atoms with Crippen LogP contribution in [0.2, 0.25) is 0 Å². The smallest absolute Gasteiger partial charge is 0.319 e. The summed E-state index contributed by atoms with van der Waals surface area (Å²) in [6, 6.07) is 4.26. The molecule has 40 heavy (non-hydrogen) atoms. The van der Waals surface area contributed by atoms with Crippen molar-refractivity contribution in [2.24, 2.45) is 0 Å². The van der Waals surface area contributed by atoms with E-state index >= 15 is 0 Å². The third-order valence-corrected chi connectivity index (χ3v) is 6.93. The van der Waals surface area contributed by atoms with E-state index in [4.69, 9.17) is 35.3 Å². The van der Waals surface area contributed by atoms with Gasteiger partial charge in [0.1, 0.15) is 48.8 Å². The fourth-order valence-corrected chi connectivity index (χ4v) is 4.72. The number of nitrogens with zero attached hydrogens (tertiary/aromatic N) is 1. The Morgan fingerprint density at radius 3 is 2.25 bits per heavy atom. The lowest BCUT2D eigenvalue weighted by Gasteiger charge is -2.48. The molecule has 2 fully saturated rings. The molecule has 1 aromatic carbocycles. The molecule has 16 heteroatoms. The average molecular weight is 597 g/mol. The maximum atomic E-state index is 13.2. The molecule has 2 aliphatic rings. The zero-order chi connectivity index (χ0) is 29.6. The molecular weight excluding hydrogens is 560 g/mol. The first kappa shape index (κ1) is 32.5. The molecule has 2 amide bonds. The number of rotatable bonds is 11. The van der Waals surface area contributed by atoms with E-state index in [0.29, 0.717) is 17.1 Å². The van der Waals surface area contributed by atoms with E-state index in [9.17, 15) is 40.5 Å². The number of alkyl halides is 1. The van der Waals surface area contributed by atoms with Gasteiger partial charge in [0.05, 0.1) is 34.0 Å². The monoisotopic (exact) mass is 596 g/mol. The second kappa shape index (κ2) is 14.7. The quantitative estimate of drug-likeness (QED) is 0.120. The Balaban J connectivity index is 1.88. The number of halogens is 1. The number of hydrogen-bond acceptors (Lipinski definition) is 13. The number of carbonyl (C=O) groups is 1. The van der Waals surface area contributed by atoms with E-state index in [-0.39, 0.29) is 19.0 Å². The Morgan fingerprint density at radius 2 is 1.65 bits per heavy atom. The standard InChI is InChI=1S/C24H37ClN2O13/c1-36-12-5-3-4-11(20(12)37-2)8-27(24(35)26-7-6-25)22-18(33)17(32)21(14(10-29)38-22)40-23-19(34)16(31)15(30)13(9-28)39-23/h3-5,13-19,21-23,28-34H,6-10H2,1-2H3,(H,26,35)/t13-,14-,15-,16+,17-,18-,19-,21-,22?,23-/m1/s1. The van der Waals surface area contributed by atoms with E-state index in [0.717, 1.165) is 4.90 Å². The van der Waals surface area contributed by atoms with Crippen molar-refractivity contribution in [1.82, 2.24) is 10.2 Å². The lowest BCUT2D eigenvalue weighted by atomic mass is 9.96. The minimum Gasteiger partial charge on any atom is -0.493 e. The van der Waals surface area contributed by atoms with Crippen LogP contribution in [0.15, 0.2) is 18.2 Å². The number of ether oxygens (including phenoxy) is 5. The molecular formula is C24H37ClN2O13. The topological polar surface area (TPSA) is 220 Å². The van der Waals surface area contributed by atoms with Gasteiger partial charge in [-0.1, -0.05) is 12.1 Å². The third-order valence-electron chi connectivity index (χ3n) is 6.74. The van der Waals surface area contributed by atoms with Crippen molar-refractivity contribution in [3.8, 4) is 11.5 Å². The van der Waals surface area contributed by atoms with Crippen LogP contribution >= 0.6 is 11.6 Å². The van der Waals surface area contributed by atoms with Gasteiger partial charge in [0, 0.05) is 18.0 Å². The number of aliphatic hydroxyl groups excluding tert-OH is 7. The fourth-order valence-electron chi connectivity index (χ4n) is 4.62. The van der Waals surface area contributed by atoms with Gasteiger partial charge in [0.15, 0.2) is 24.0 Å². The summed E-state index contributed by atoms with van der Waals surface area (Å²) >= 11 is 5.72. The van der Waals surface area contributed by atoms with Gasteiger partial charge in [-0.25, -0.2) is 4.79 Å². The van der Waals surface area contributed by atoms with Crippen molar-refractivity contribution in [2.75, 3.05) is 39.9 Å². The highest BCUT2D eigenvalue weighted by Crippen LogP contribution is 2.34. The number of benzene rings is 1. The second-order valence-corrected chi connectivity index (χ2v) is 9.61. The molecule has 0 radical (unpaired) electrons. The first-order valence-corrected chi connectivity index (χ1v) is 13.1. The zero-order valence-electron chi connectivity index (χ0n) is 21.9. The summed E-state index contributed by atoms with van der Waals surface area (Å²) in [4.78, 5) is 14.2. The zero-order valence-corrected chi connectivity index (χ0v) is 22.7. The highest BCUT2D eigenvalue weighted by atomic mass is 35.5. The molecule has 0 aliphatic carbocycles. The van der Waals surface area contributed by atoms with Crippen molar-refractivity contribution in [3.63, 3.8) is 0 Å². The van der Waals surface area contributed by atoms with Gasteiger partial charge in [0.2, 0.25) is 0 Å². The van der Waals surface area contributed by atoms with E-state index in [1.807, 2.05) is 0 Å². The highest BCUT2D eigenvalue weighted by Gasteiger charge is 2.52. The summed E-state index contributed by atoms with van der Waals surface area (Å²) < 4.78 is 27.5. The molecule has 0 bridgehead atoms. The number of methoxy groups -OCH3 is 2. The lowest BCUT2D eigenvalue weighted by Crippen LogP contribution is -2.67. The predicted molar refractivity (Wildman–Crippen MR) is 136 cm³/mol. The first-order chi connectivity index (χ1) is 19.1. The normalized spacial score (nSPS) is 34.2. The summed E-state index contributed by atoms with van der Waals surface area (Å²) in [5, 5.41) is 74.6. The van der Waals surface area contributed by atoms with Crippen LogP contribution in [0.25, 0.3) is 0 Å². The highest BCUT2D eigenvalue weighted by molar-refractivity contribution is 6.18. The molecule has 2 aliphatic heterocycles. The molecule has 2 heterocycles. The molecule has 0 aromatic heterocycles. The summed E-state index contributed by atoms with van der Waals surface area (Å²) in [5.41, 5.74) is 0.466. The van der Waals surface area contributed by atoms with Crippen LogP contribution in [0.4, 0.5) is 4.79 Å². The van der Waals surface area contributed by atoms with Gasteiger partial charge in [-0.2, -0.15) is 0 Å². The van der Waals surface area contributed by atoms with E-state index in [2.05, 4.69) is 5.32 Å². The molecule has 0 spiro atoms. The van der Waals surface area contributed by atoms with Crippen molar-refractivity contribution >= 4 is 17.6 Å². The van der Waals surface area contributed by atoms with Gasteiger partial charge >= 0.3 is 6.03 Å². The van der Waals surface area contributed by atoms with Crippen molar-refractivity contribution in [2.45, 2.75) is 67.9 Å². The Labute approximate surface area is 235 Å². The van der Waals surface area contributed by atoms with Crippen LogP contribution in [-0.4, -0.2) is 148 Å². The number of para-hydroxylation sites is 1. The fraction of sp³-hybridized carbons (Fsp3) is 0.708. The molecule has 3 rings (SSSR count). The van der Waals surface area contributed by atoms with Crippen LogP contribution in [0.3, 0.4) is 0 Å². The number of carbonyl (C=O) groups excluding carboxylic acids is 1. The number of urea groups is 1. The molecule has 1 unspecified atom stereocenters. The van der Waals surface area contributed by atoms with Crippen LogP contribution in [0.5, 0.6) is 11.5 Å². The second-order valence-electron chi connectivity index (χ2n) is 9.23. The van der Waals surface area contributed by atoms with Crippen molar-refractivity contribution in [1.29, 1.82) is 0 Å². The number of hydrogen-bond donors (Lipinski definition) is 8. The van der Waals surface area contributed by atoms with Gasteiger partial charge in [-0.15, -0.1) is 11.6 Å². The third kappa shape index (κ3) is 6.88. The van der Waals surface area contributed by atoms with Crippen LogP contribution < -0.4 is 14.8 Å². The Kier molecular flexibility index (Phi) is 12.0. The molecule has 15 nitrogen and oxygen atoms in total. The largest absolute Gasteiger partial charge is 0.493 e. The molecule has 8 N–H and O–H groups in total. The minimum atomic E-state index is -1.81. The van der Waals surface area contributed by atoms with Crippen molar-refractivity contribution < 1.29 is 64.2 Å². The maximum absolute atomic E-state index is 13.2. The number of aliphatic hydroxyl groups is 7. The molecule has 0 saturated carbocycles. The van der Waals surface area contributed by atoms with Gasteiger partial charge in [0.25, 0.3) is 0 Å². The Morgan fingerprint density at radius 1 is 0.950 bits per heavy atom. The van der Waals surface area contributed by atoms with E-state index in [1.54, 1.807) is 18.2 Å². The average Bonchev–Trinajstić information content (AvgIpc) is 2.97. The lowest BCUT2D eigenvalue weighted by molar-refractivity contribution is -0.347. The number of nitrogens with one attached hydrogen (secondary N) is 1. The summed E-state index contributed by atoms with van der Waals surface area (Å²) in [7, 11) is 2.86. The Hall–Kier alpha value is -2.02. The molecule has 10 atom stereocenters. The predicted octanol–water partition coefficient (Wildman–Crippen LogP) is -2.92.